The average Bonchev–Trinajstić information content (AvgIpc) is 2.26. The maximum Gasteiger partial charge on any atom is 0.328 e. The highest BCUT2D eigenvalue weighted by molar-refractivity contribution is 6.35. The fraction of sp³-hybridized carbons (Fsp3) is 0.364. The van der Waals surface area contributed by atoms with Gasteiger partial charge in [-0.25, -0.2) is 4.79 Å². The number of methoxy groups -OCH3 is 1. The Labute approximate surface area is 109 Å². The molecule has 0 amide bonds. The molecule has 0 aliphatic carbocycles. The zero-order valence-corrected chi connectivity index (χ0v) is 10.8. The summed E-state index contributed by atoms with van der Waals surface area (Å²) in [7, 11) is 1.36. The Balaban J connectivity index is 2.39. The fourth-order valence-corrected chi connectivity index (χ4v) is 2.71. The Bertz CT molecular complexity index is 465. The standard InChI is InChI=1S/C11H12Cl2N2O2/c1-17-11(16)9-4-7(14)10-6(13)2-5(12)3-8(10)15-9/h2-3,7,9,15H,4,14H2,1H3/p+1/t7-,9+/m0/s1. The molecule has 6 heteroatoms. The summed E-state index contributed by atoms with van der Waals surface area (Å²) in [5.74, 6) is -0.305. The number of hydrogen-bond donors (Lipinski definition) is 2. The first-order valence-corrected chi connectivity index (χ1v) is 5.95. The first kappa shape index (κ1) is 12.5. The summed E-state index contributed by atoms with van der Waals surface area (Å²) < 4.78 is 4.72. The predicted octanol–water partition coefficient (Wildman–Crippen LogP) is 1.63. The Morgan fingerprint density at radius 2 is 2.24 bits per heavy atom. The number of hydrogen-bond acceptors (Lipinski definition) is 3. The van der Waals surface area contributed by atoms with Gasteiger partial charge in [-0.2, -0.15) is 0 Å². The van der Waals surface area contributed by atoms with Crippen LogP contribution in [0.15, 0.2) is 12.1 Å². The van der Waals surface area contributed by atoms with Crippen molar-refractivity contribution in [2.75, 3.05) is 12.4 Å². The van der Waals surface area contributed by atoms with Crippen LogP contribution in [0.2, 0.25) is 10.0 Å². The molecule has 0 saturated heterocycles. The van der Waals surface area contributed by atoms with Gasteiger partial charge < -0.3 is 15.8 Å². The van der Waals surface area contributed by atoms with Crippen LogP contribution in [0.1, 0.15) is 18.0 Å². The largest absolute Gasteiger partial charge is 0.467 e. The summed E-state index contributed by atoms with van der Waals surface area (Å²) in [6.07, 6.45) is 0.557. The topological polar surface area (TPSA) is 66.0 Å². The fourth-order valence-electron chi connectivity index (χ4n) is 2.07. The van der Waals surface area contributed by atoms with Crippen LogP contribution >= 0.6 is 23.2 Å². The number of benzene rings is 1. The lowest BCUT2D eigenvalue weighted by atomic mass is 9.93. The molecule has 0 aromatic heterocycles. The average molecular weight is 276 g/mol. The highest BCUT2D eigenvalue weighted by atomic mass is 35.5. The molecule has 1 aromatic carbocycles. The molecule has 1 heterocycles. The molecule has 4 N–H and O–H groups in total. The van der Waals surface area contributed by atoms with Gasteiger partial charge in [0.25, 0.3) is 0 Å². The Morgan fingerprint density at radius 1 is 1.53 bits per heavy atom. The van der Waals surface area contributed by atoms with Crippen LogP contribution in [-0.2, 0) is 9.53 Å². The van der Waals surface area contributed by atoms with Crippen molar-refractivity contribution in [3.63, 3.8) is 0 Å². The number of carbonyl (C=O) groups excluding carboxylic acids is 1. The van der Waals surface area contributed by atoms with E-state index < -0.39 is 6.04 Å². The van der Waals surface area contributed by atoms with Crippen LogP contribution in [0, 0.1) is 0 Å². The Kier molecular flexibility index (Phi) is 3.47. The van der Waals surface area contributed by atoms with Crippen molar-refractivity contribution in [2.45, 2.75) is 18.5 Å². The molecule has 2 rings (SSSR count). The molecule has 0 radical (unpaired) electrons. The number of anilines is 1. The maximum atomic E-state index is 11.5. The summed E-state index contributed by atoms with van der Waals surface area (Å²) in [5.41, 5.74) is 5.67. The SMILES string of the molecule is COC(=O)[C@H]1C[C@H]([NH3+])c2c(Cl)cc(Cl)cc2N1. The number of esters is 1. The van der Waals surface area contributed by atoms with Crippen molar-refractivity contribution < 1.29 is 15.3 Å². The van der Waals surface area contributed by atoms with E-state index in [0.717, 1.165) is 11.3 Å². The third-order valence-corrected chi connectivity index (χ3v) is 3.37. The van der Waals surface area contributed by atoms with Crippen LogP contribution < -0.4 is 11.1 Å². The van der Waals surface area contributed by atoms with E-state index >= 15 is 0 Å². The molecule has 0 spiro atoms. The van der Waals surface area contributed by atoms with Gasteiger partial charge in [0.05, 0.1) is 17.7 Å². The number of carbonyl (C=O) groups is 1. The van der Waals surface area contributed by atoms with Gasteiger partial charge >= 0.3 is 5.97 Å². The van der Waals surface area contributed by atoms with Gasteiger partial charge in [0.1, 0.15) is 12.1 Å². The second-order valence-electron chi connectivity index (χ2n) is 4.00. The minimum atomic E-state index is -0.399. The van der Waals surface area contributed by atoms with Crippen molar-refractivity contribution in [3.05, 3.63) is 27.7 Å². The lowest BCUT2D eigenvalue weighted by Gasteiger charge is -2.28. The second kappa shape index (κ2) is 4.72. The van der Waals surface area contributed by atoms with Gasteiger partial charge in [-0.15, -0.1) is 0 Å². The summed E-state index contributed by atoms with van der Waals surface area (Å²) in [5, 5.41) is 4.18. The molecule has 0 saturated carbocycles. The first-order valence-electron chi connectivity index (χ1n) is 5.19. The number of rotatable bonds is 1. The van der Waals surface area contributed by atoms with Crippen molar-refractivity contribution in [3.8, 4) is 0 Å². The highest BCUT2D eigenvalue weighted by Gasteiger charge is 2.33. The summed E-state index contributed by atoms with van der Waals surface area (Å²) in [6, 6.07) is 2.97. The molecule has 4 nitrogen and oxygen atoms in total. The molecule has 1 aliphatic rings. The Morgan fingerprint density at radius 3 is 2.88 bits per heavy atom. The van der Waals surface area contributed by atoms with Crippen molar-refractivity contribution in [2.24, 2.45) is 0 Å². The number of quaternary nitrogens is 1. The van der Waals surface area contributed by atoms with Gasteiger partial charge in [-0.1, -0.05) is 23.2 Å². The summed E-state index contributed by atoms with van der Waals surface area (Å²) >= 11 is 12.1. The lowest BCUT2D eigenvalue weighted by Crippen LogP contribution is -2.58. The minimum absolute atomic E-state index is 0.0554. The monoisotopic (exact) mass is 275 g/mol. The molecule has 1 aromatic rings. The van der Waals surface area contributed by atoms with Crippen LogP contribution in [0.4, 0.5) is 5.69 Å². The third kappa shape index (κ3) is 2.34. The zero-order chi connectivity index (χ0) is 12.6. The first-order chi connectivity index (χ1) is 8.02. The molecular formula is C11H13Cl2N2O2+. The molecule has 0 fully saturated rings. The van der Waals surface area contributed by atoms with Gasteiger partial charge in [-0.3, -0.25) is 0 Å². The van der Waals surface area contributed by atoms with E-state index in [1.165, 1.54) is 7.11 Å². The summed E-state index contributed by atoms with van der Waals surface area (Å²) in [6.45, 7) is 0. The highest BCUT2D eigenvalue weighted by Crippen LogP contribution is 2.37. The van der Waals surface area contributed by atoms with Gasteiger partial charge in [-0.05, 0) is 12.1 Å². The van der Waals surface area contributed by atoms with E-state index in [1.54, 1.807) is 12.1 Å². The normalized spacial score (nSPS) is 22.6. The van der Waals surface area contributed by atoms with Crippen LogP contribution in [0.3, 0.4) is 0 Å². The smallest absolute Gasteiger partial charge is 0.328 e. The van der Waals surface area contributed by atoms with E-state index in [1.807, 2.05) is 0 Å². The third-order valence-electron chi connectivity index (χ3n) is 2.84. The lowest BCUT2D eigenvalue weighted by molar-refractivity contribution is -0.428. The number of halogens is 2. The van der Waals surface area contributed by atoms with Crippen molar-refractivity contribution in [1.82, 2.24) is 0 Å². The van der Waals surface area contributed by atoms with Crippen LogP contribution in [0.5, 0.6) is 0 Å². The number of ether oxygens (including phenoxy) is 1. The predicted molar refractivity (Wildman–Crippen MR) is 66.1 cm³/mol. The molecular weight excluding hydrogens is 263 g/mol. The molecule has 2 atom stereocenters. The summed E-state index contributed by atoms with van der Waals surface area (Å²) in [4.78, 5) is 11.5. The van der Waals surface area contributed by atoms with E-state index in [4.69, 9.17) is 27.9 Å². The molecule has 1 aliphatic heterocycles. The molecule has 0 bridgehead atoms. The van der Waals surface area contributed by atoms with Crippen molar-refractivity contribution in [1.29, 1.82) is 0 Å². The van der Waals surface area contributed by atoms with E-state index in [9.17, 15) is 4.79 Å². The number of fused-ring (bicyclic) bond motifs is 1. The van der Waals surface area contributed by atoms with Crippen LogP contribution in [-0.4, -0.2) is 19.1 Å². The van der Waals surface area contributed by atoms with E-state index in [-0.39, 0.29) is 12.0 Å². The van der Waals surface area contributed by atoms with Gasteiger partial charge in [0, 0.05) is 17.1 Å². The van der Waals surface area contributed by atoms with Gasteiger partial charge in [0.15, 0.2) is 0 Å². The maximum absolute atomic E-state index is 11.5. The van der Waals surface area contributed by atoms with Crippen molar-refractivity contribution >= 4 is 34.9 Å². The number of nitrogens with one attached hydrogen (secondary N) is 1. The molecule has 0 unspecified atom stereocenters. The van der Waals surface area contributed by atoms with E-state index in [2.05, 4.69) is 11.1 Å². The minimum Gasteiger partial charge on any atom is -0.467 e. The zero-order valence-electron chi connectivity index (χ0n) is 9.30. The van der Waals surface area contributed by atoms with Crippen LogP contribution in [0.25, 0.3) is 0 Å². The van der Waals surface area contributed by atoms with E-state index in [0.29, 0.717) is 16.5 Å². The van der Waals surface area contributed by atoms with Gasteiger partial charge in [0.2, 0.25) is 0 Å². The second-order valence-corrected chi connectivity index (χ2v) is 4.85. The molecule has 17 heavy (non-hydrogen) atoms. The quantitative estimate of drug-likeness (QED) is 0.766. The Hall–Kier alpha value is -0.970. The molecule has 92 valence electrons.